The molecule has 0 spiro atoms. The number of hydrogen-bond donors (Lipinski definition) is 0. The molecule has 7 nitrogen and oxygen atoms in total. The number of thiazole rings is 1. The van der Waals surface area contributed by atoms with Crippen LogP contribution in [0.15, 0.2) is 56.0 Å². The van der Waals surface area contributed by atoms with Crippen LogP contribution in [0.2, 0.25) is 0 Å². The summed E-state index contributed by atoms with van der Waals surface area (Å²) < 4.78 is 12.0. The first kappa shape index (κ1) is 17.5. The summed E-state index contributed by atoms with van der Waals surface area (Å²) in [6.45, 7) is 0. The van der Waals surface area contributed by atoms with Gasteiger partial charge in [0.05, 0.1) is 22.2 Å². The van der Waals surface area contributed by atoms with E-state index in [1.807, 2.05) is 12.1 Å². The second-order valence-corrected chi connectivity index (χ2v) is 7.88. The zero-order valence-corrected chi connectivity index (χ0v) is 15.6. The number of nitro benzene ring substituents is 1. The highest BCUT2D eigenvalue weighted by atomic mass is 32.2. The summed E-state index contributed by atoms with van der Waals surface area (Å²) in [6, 6.07) is 11.4. The number of methoxy groups -OCH3 is 1. The lowest BCUT2D eigenvalue weighted by Crippen LogP contribution is -2.00. The van der Waals surface area contributed by atoms with Crippen molar-refractivity contribution in [2.24, 2.45) is 0 Å². The number of non-ortho nitro benzene ring substituents is 1. The van der Waals surface area contributed by atoms with Crippen LogP contribution in [-0.2, 0) is 5.75 Å². The zero-order valence-electron chi connectivity index (χ0n) is 14.0. The Labute approximate surface area is 160 Å². The molecule has 4 rings (SSSR count). The fourth-order valence-electron chi connectivity index (χ4n) is 2.66. The first-order valence-corrected chi connectivity index (χ1v) is 9.62. The van der Waals surface area contributed by atoms with E-state index in [1.54, 1.807) is 19.2 Å². The third-order valence-corrected chi connectivity index (χ3v) is 6.16. The highest BCUT2D eigenvalue weighted by Gasteiger charge is 2.12. The van der Waals surface area contributed by atoms with Gasteiger partial charge in [-0.15, -0.1) is 11.3 Å². The summed E-state index contributed by atoms with van der Waals surface area (Å²) in [7, 11) is 1.55. The molecule has 2 aromatic carbocycles. The van der Waals surface area contributed by atoms with E-state index in [-0.39, 0.29) is 5.69 Å². The van der Waals surface area contributed by atoms with Gasteiger partial charge in [-0.2, -0.15) is 0 Å². The van der Waals surface area contributed by atoms with Gasteiger partial charge in [0.25, 0.3) is 5.69 Å². The maximum atomic E-state index is 11.9. The minimum absolute atomic E-state index is 0.0447. The predicted molar refractivity (Wildman–Crippen MR) is 105 cm³/mol. The van der Waals surface area contributed by atoms with Crippen molar-refractivity contribution in [3.63, 3.8) is 0 Å². The number of rotatable bonds is 5. The molecule has 0 aliphatic carbocycles. The first-order valence-electron chi connectivity index (χ1n) is 7.82. The van der Waals surface area contributed by atoms with Crippen molar-refractivity contribution in [1.29, 1.82) is 0 Å². The van der Waals surface area contributed by atoms with E-state index in [1.165, 1.54) is 41.3 Å². The molecule has 0 saturated carbocycles. The van der Waals surface area contributed by atoms with Crippen LogP contribution in [0.25, 0.3) is 21.2 Å². The van der Waals surface area contributed by atoms with Crippen LogP contribution in [0.5, 0.6) is 5.75 Å². The van der Waals surface area contributed by atoms with Crippen molar-refractivity contribution in [3.8, 4) is 5.75 Å². The van der Waals surface area contributed by atoms with Crippen LogP contribution in [-0.4, -0.2) is 17.0 Å². The molecular weight excluding hydrogens is 388 g/mol. The Kier molecular flexibility index (Phi) is 4.54. The van der Waals surface area contributed by atoms with Gasteiger partial charge in [0.2, 0.25) is 0 Å². The fourth-order valence-corrected chi connectivity index (χ4v) is 4.76. The molecule has 0 unspecified atom stereocenters. The summed E-state index contributed by atoms with van der Waals surface area (Å²) in [5.74, 6) is 1.14. The number of nitrogens with zero attached hydrogens (tertiary/aromatic N) is 2. The van der Waals surface area contributed by atoms with Crippen LogP contribution in [0.1, 0.15) is 5.56 Å². The van der Waals surface area contributed by atoms with Crippen molar-refractivity contribution in [2.45, 2.75) is 10.1 Å². The summed E-state index contributed by atoms with van der Waals surface area (Å²) >= 11 is 2.86. The summed E-state index contributed by atoms with van der Waals surface area (Å²) in [6.07, 6.45) is 0. The quantitative estimate of drug-likeness (QED) is 0.209. The minimum atomic E-state index is -0.425. The summed E-state index contributed by atoms with van der Waals surface area (Å²) in [5, 5.41) is 11.7. The lowest BCUT2D eigenvalue weighted by Gasteiger charge is -2.06. The number of fused-ring (bicyclic) bond motifs is 2. The lowest BCUT2D eigenvalue weighted by atomic mass is 10.1. The molecule has 2 heterocycles. The Morgan fingerprint density at radius 3 is 2.89 bits per heavy atom. The van der Waals surface area contributed by atoms with Gasteiger partial charge in [0.1, 0.15) is 11.3 Å². The van der Waals surface area contributed by atoms with Crippen LogP contribution >= 0.6 is 23.1 Å². The van der Waals surface area contributed by atoms with Gasteiger partial charge in [-0.25, -0.2) is 9.78 Å². The Bertz CT molecular complexity index is 1230. The molecule has 0 saturated heterocycles. The van der Waals surface area contributed by atoms with Crippen molar-refractivity contribution in [1.82, 2.24) is 4.98 Å². The Balaban J connectivity index is 1.64. The molecule has 9 heteroatoms. The van der Waals surface area contributed by atoms with E-state index in [0.29, 0.717) is 17.1 Å². The minimum Gasteiger partial charge on any atom is -0.497 e. The van der Waals surface area contributed by atoms with Crippen molar-refractivity contribution in [2.75, 3.05) is 7.11 Å². The van der Waals surface area contributed by atoms with Crippen molar-refractivity contribution < 1.29 is 14.1 Å². The van der Waals surface area contributed by atoms with E-state index < -0.39 is 10.5 Å². The molecule has 2 aromatic heterocycles. The Morgan fingerprint density at radius 2 is 2.11 bits per heavy atom. The zero-order chi connectivity index (χ0) is 19.0. The molecule has 0 radical (unpaired) electrons. The van der Waals surface area contributed by atoms with Gasteiger partial charge in [-0.3, -0.25) is 10.1 Å². The number of thioether (sulfide) groups is 1. The summed E-state index contributed by atoms with van der Waals surface area (Å²) in [4.78, 5) is 26.8. The van der Waals surface area contributed by atoms with Crippen molar-refractivity contribution >= 4 is 50.0 Å². The molecule has 0 aliphatic rings. The Morgan fingerprint density at radius 1 is 1.26 bits per heavy atom. The lowest BCUT2D eigenvalue weighted by molar-refractivity contribution is -0.384. The fraction of sp³-hybridized carbons (Fsp3) is 0.111. The van der Waals surface area contributed by atoms with E-state index in [9.17, 15) is 14.9 Å². The van der Waals surface area contributed by atoms with E-state index >= 15 is 0 Å². The third kappa shape index (κ3) is 3.51. The topological polar surface area (TPSA) is 95.5 Å². The molecule has 0 bridgehead atoms. The monoisotopic (exact) mass is 400 g/mol. The van der Waals surface area contributed by atoms with Gasteiger partial charge < -0.3 is 9.15 Å². The molecule has 0 aliphatic heterocycles. The SMILES string of the molecule is COc1ccc2c(CSc3nc4ccc([N+](=O)[O-])cc4s3)cc(=O)oc2c1. The number of hydrogen-bond acceptors (Lipinski definition) is 8. The van der Waals surface area contributed by atoms with Gasteiger partial charge in [-0.1, -0.05) is 11.8 Å². The van der Waals surface area contributed by atoms with Crippen LogP contribution in [0, 0.1) is 10.1 Å². The second-order valence-electron chi connectivity index (χ2n) is 5.63. The number of nitro groups is 1. The van der Waals surface area contributed by atoms with Crippen LogP contribution in [0.3, 0.4) is 0 Å². The average molecular weight is 400 g/mol. The molecule has 0 N–H and O–H groups in total. The van der Waals surface area contributed by atoms with Gasteiger partial charge in [0.15, 0.2) is 4.34 Å². The molecular formula is C18H12N2O5S2. The molecule has 0 atom stereocenters. The largest absolute Gasteiger partial charge is 0.497 e. The van der Waals surface area contributed by atoms with Gasteiger partial charge in [0, 0.05) is 35.4 Å². The molecule has 27 heavy (non-hydrogen) atoms. The van der Waals surface area contributed by atoms with E-state index in [4.69, 9.17) is 9.15 Å². The number of aromatic nitrogens is 1. The molecule has 4 aromatic rings. The van der Waals surface area contributed by atoms with Crippen molar-refractivity contribution in [3.05, 3.63) is 68.6 Å². The third-order valence-electron chi connectivity index (χ3n) is 3.95. The number of ether oxygens (including phenoxy) is 1. The van der Waals surface area contributed by atoms with E-state index in [0.717, 1.165) is 25.5 Å². The molecule has 0 fully saturated rings. The maximum absolute atomic E-state index is 11.9. The standard InChI is InChI=1S/C18H12N2O5S2/c1-24-12-3-4-13-10(6-17(21)25-15(13)8-12)9-26-18-19-14-5-2-11(20(22)23)7-16(14)27-18/h2-8H,9H2,1H3. The molecule has 136 valence electrons. The molecule has 0 amide bonds. The maximum Gasteiger partial charge on any atom is 0.336 e. The smallest absolute Gasteiger partial charge is 0.336 e. The predicted octanol–water partition coefficient (Wildman–Crippen LogP) is 4.61. The highest BCUT2D eigenvalue weighted by Crippen LogP contribution is 2.34. The highest BCUT2D eigenvalue weighted by molar-refractivity contribution is 8.00. The summed E-state index contributed by atoms with van der Waals surface area (Å²) in [5.41, 5.74) is 1.64. The van der Waals surface area contributed by atoms with E-state index in [2.05, 4.69) is 4.98 Å². The van der Waals surface area contributed by atoms with Gasteiger partial charge in [-0.05, 0) is 23.8 Å². The van der Waals surface area contributed by atoms with Crippen LogP contribution < -0.4 is 10.4 Å². The Hall–Kier alpha value is -2.91. The number of benzene rings is 2. The van der Waals surface area contributed by atoms with Crippen LogP contribution in [0.4, 0.5) is 5.69 Å². The first-order chi connectivity index (χ1) is 13.0. The average Bonchev–Trinajstić information content (AvgIpc) is 3.07. The normalized spacial score (nSPS) is 11.1. The second kappa shape index (κ2) is 7.01. The van der Waals surface area contributed by atoms with Gasteiger partial charge >= 0.3 is 5.63 Å².